The van der Waals surface area contributed by atoms with E-state index in [1.165, 1.54) is 0 Å². The second kappa shape index (κ2) is 6.26. The van der Waals surface area contributed by atoms with Crippen molar-refractivity contribution in [3.8, 4) is 0 Å². The van der Waals surface area contributed by atoms with Gasteiger partial charge in [-0.2, -0.15) is 26.3 Å². The summed E-state index contributed by atoms with van der Waals surface area (Å²) in [6.45, 7) is 0. The fourth-order valence-corrected chi connectivity index (χ4v) is 2.35. The van der Waals surface area contributed by atoms with Gasteiger partial charge in [0.2, 0.25) is 0 Å². The van der Waals surface area contributed by atoms with Gasteiger partial charge in [0, 0.05) is 11.3 Å². The van der Waals surface area contributed by atoms with E-state index in [2.05, 4.69) is 0 Å². The minimum absolute atomic E-state index is 0.506. The molecule has 0 bridgehead atoms. The zero-order valence-corrected chi connectivity index (χ0v) is 11.2. The van der Waals surface area contributed by atoms with Crippen LogP contribution in [-0.2, 0) is 17.4 Å². The minimum atomic E-state index is -4.99. The molecule has 20 heavy (non-hydrogen) atoms. The van der Waals surface area contributed by atoms with E-state index in [1.807, 2.05) is 0 Å². The van der Waals surface area contributed by atoms with Crippen LogP contribution in [0.4, 0.5) is 26.3 Å². The van der Waals surface area contributed by atoms with E-state index in [9.17, 15) is 31.1 Å². The molecule has 0 unspecified atom stereocenters. The van der Waals surface area contributed by atoms with Gasteiger partial charge < -0.3 is 0 Å². The Morgan fingerprint density at radius 3 is 2.20 bits per heavy atom. The number of carbonyl (C=O) groups excluding carboxylic acids is 1. The van der Waals surface area contributed by atoms with Crippen LogP contribution in [0, 0.1) is 0 Å². The topological polar surface area (TPSA) is 17.1 Å². The minimum Gasteiger partial charge on any atom is -0.298 e. The lowest BCUT2D eigenvalue weighted by Gasteiger charge is -2.17. The van der Waals surface area contributed by atoms with E-state index in [1.54, 1.807) is 0 Å². The molecule has 0 fully saturated rings. The molecule has 0 radical (unpaired) electrons. The zero-order chi connectivity index (χ0) is 15.6. The summed E-state index contributed by atoms with van der Waals surface area (Å²) in [5, 5.41) is 0. The highest BCUT2D eigenvalue weighted by Crippen LogP contribution is 2.45. The molecule has 0 heterocycles. The number of alkyl halides is 7. The van der Waals surface area contributed by atoms with Gasteiger partial charge >= 0.3 is 11.7 Å². The predicted molar refractivity (Wildman–Crippen MR) is 62.8 cm³/mol. The highest BCUT2D eigenvalue weighted by Gasteiger charge is 2.40. The van der Waals surface area contributed by atoms with E-state index in [-0.39, 0.29) is 0 Å². The van der Waals surface area contributed by atoms with Crippen LogP contribution < -0.4 is 0 Å². The zero-order valence-electron chi connectivity index (χ0n) is 9.61. The number of halogens is 7. The Kier molecular flexibility index (Phi) is 5.37. The third kappa shape index (κ3) is 4.90. The molecule has 0 aliphatic heterocycles. The van der Waals surface area contributed by atoms with Crippen molar-refractivity contribution in [2.75, 3.05) is 5.88 Å². The molecule has 1 aromatic rings. The molecule has 1 aromatic carbocycles. The van der Waals surface area contributed by atoms with Crippen molar-refractivity contribution in [1.82, 2.24) is 0 Å². The lowest BCUT2D eigenvalue weighted by Crippen LogP contribution is -2.15. The summed E-state index contributed by atoms with van der Waals surface area (Å²) in [7, 11) is 0. The maximum Gasteiger partial charge on any atom is 0.446 e. The van der Waals surface area contributed by atoms with Crippen LogP contribution in [0.5, 0.6) is 0 Å². The fraction of sp³-hybridized carbons (Fsp3) is 0.364. The number of Topliss-reactive ketones (excluding diaryl/α,β-unsaturated/α-hetero) is 1. The SMILES string of the molecule is O=C(CCl)Cc1cccc(SC(F)(F)F)c1C(F)(F)F. The molecule has 1 nitrogen and oxygen atoms in total. The first-order chi connectivity index (χ1) is 9.04. The van der Waals surface area contributed by atoms with Gasteiger partial charge in [-0.25, -0.2) is 0 Å². The lowest BCUT2D eigenvalue weighted by atomic mass is 10.0. The van der Waals surface area contributed by atoms with E-state index in [4.69, 9.17) is 11.6 Å². The number of rotatable bonds is 4. The highest BCUT2D eigenvalue weighted by molar-refractivity contribution is 8.00. The number of benzene rings is 1. The molecule has 0 aliphatic carbocycles. The maximum absolute atomic E-state index is 12.9. The standard InChI is InChI=1S/C11H7ClF6OS/c12-5-7(19)4-6-2-1-3-8(20-11(16,17)18)9(6)10(13,14)15/h1-3H,4-5H2. The van der Waals surface area contributed by atoms with Crippen LogP contribution in [0.25, 0.3) is 0 Å². The predicted octanol–water partition coefficient (Wildman–Crippen LogP) is 4.67. The van der Waals surface area contributed by atoms with Crippen molar-refractivity contribution in [3.63, 3.8) is 0 Å². The van der Waals surface area contributed by atoms with Crippen LogP contribution in [-0.4, -0.2) is 17.2 Å². The second-order valence-corrected chi connectivity index (χ2v) is 5.06. The first-order valence-electron chi connectivity index (χ1n) is 5.07. The summed E-state index contributed by atoms with van der Waals surface area (Å²) in [5.41, 5.74) is -6.81. The molecule has 112 valence electrons. The number of thioether (sulfide) groups is 1. The van der Waals surface area contributed by atoms with Crippen LogP contribution >= 0.6 is 23.4 Å². The van der Waals surface area contributed by atoms with Crippen LogP contribution in [0.1, 0.15) is 11.1 Å². The molecule has 0 N–H and O–H groups in total. The Bertz CT molecular complexity index is 497. The normalized spacial score (nSPS) is 12.6. The smallest absolute Gasteiger partial charge is 0.298 e. The Hall–Kier alpha value is -0.890. The summed E-state index contributed by atoms with van der Waals surface area (Å²) in [6, 6.07) is 2.73. The van der Waals surface area contributed by atoms with Gasteiger partial charge in [0.25, 0.3) is 0 Å². The van der Waals surface area contributed by atoms with Gasteiger partial charge in [-0.05, 0) is 23.4 Å². The number of hydrogen-bond acceptors (Lipinski definition) is 2. The summed E-state index contributed by atoms with van der Waals surface area (Å²) < 4.78 is 75.6. The molecule has 0 aliphatic rings. The van der Waals surface area contributed by atoms with Crippen molar-refractivity contribution >= 4 is 29.1 Å². The third-order valence-electron chi connectivity index (χ3n) is 2.16. The van der Waals surface area contributed by atoms with Gasteiger partial charge in [-0.15, -0.1) is 11.6 Å². The van der Waals surface area contributed by atoms with Gasteiger partial charge in [0.1, 0.15) is 0 Å². The van der Waals surface area contributed by atoms with Crippen LogP contribution in [0.3, 0.4) is 0 Å². The third-order valence-corrected chi connectivity index (χ3v) is 3.25. The van der Waals surface area contributed by atoms with Gasteiger partial charge in [0.05, 0.1) is 11.4 Å². The van der Waals surface area contributed by atoms with Gasteiger partial charge in [-0.3, -0.25) is 4.79 Å². The molecule has 0 amide bonds. The molecule has 1 rings (SSSR count). The number of carbonyl (C=O) groups is 1. The van der Waals surface area contributed by atoms with E-state index in [0.717, 1.165) is 18.2 Å². The van der Waals surface area contributed by atoms with Gasteiger partial charge in [0.15, 0.2) is 5.78 Å². The van der Waals surface area contributed by atoms with Gasteiger partial charge in [-0.1, -0.05) is 12.1 Å². The monoisotopic (exact) mass is 336 g/mol. The second-order valence-electron chi connectivity index (χ2n) is 3.68. The van der Waals surface area contributed by atoms with Crippen molar-refractivity contribution in [3.05, 3.63) is 29.3 Å². The Balaban J connectivity index is 3.31. The van der Waals surface area contributed by atoms with E-state index in [0.29, 0.717) is 0 Å². The molecule has 0 atom stereocenters. The summed E-state index contributed by atoms with van der Waals surface area (Å²) in [5.74, 6) is -1.21. The average molecular weight is 337 g/mol. The molecular weight excluding hydrogens is 330 g/mol. The first kappa shape index (κ1) is 17.2. The first-order valence-corrected chi connectivity index (χ1v) is 6.42. The summed E-state index contributed by atoms with van der Waals surface area (Å²) in [6.07, 6.45) is -5.65. The number of hydrogen-bond donors (Lipinski definition) is 0. The quantitative estimate of drug-likeness (QED) is 0.451. The molecule has 0 saturated heterocycles. The molecule has 0 aromatic heterocycles. The van der Waals surface area contributed by atoms with Crippen LogP contribution in [0.15, 0.2) is 23.1 Å². The Labute approximate surface area is 119 Å². The lowest BCUT2D eigenvalue weighted by molar-refractivity contribution is -0.140. The number of ketones is 1. The van der Waals surface area contributed by atoms with Crippen molar-refractivity contribution in [2.45, 2.75) is 23.0 Å². The average Bonchev–Trinajstić information content (AvgIpc) is 2.25. The maximum atomic E-state index is 12.9. The summed E-state index contributed by atoms with van der Waals surface area (Å²) >= 11 is 4.34. The molecule has 0 spiro atoms. The van der Waals surface area contributed by atoms with Crippen molar-refractivity contribution in [2.24, 2.45) is 0 Å². The fourth-order valence-electron chi connectivity index (χ4n) is 1.52. The van der Waals surface area contributed by atoms with Crippen molar-refractivity contribution in [1.29, 1.82) is 0 Å². The highest BCUT2D eigenvalue weighted by atomic mass is 35.5. The van der Waals surface area contributed by atoms with E-state index >= 15 is 0 Å². The molecule has 0 saturated carbocycles. The van der Waals surface area contributed by atoms with Crippen molar-refractivity contribution < 1.29 is 31.1 Å². The van der Waals surface area contributed by atoms with Crippen LogP contribution in [0.2, 0.25) is 0 Å². The largest absolute Gasteiger partial charge is 0.446 e. The molecule has 9 heteroatoms. The van der Waals surface area contributed by atoms with E-state index < -0.39 is 57.6 Å². The molecular formula is C11H7ClF6OS. The Morgan fingerprint density at radius 2 is 1.75 bits per heavy atom. The Morgan fingerprint density at radius 1 is 1.15 bits per heavy atom. The summed E-state index contributed by atoms with van der Waals surface area (Å²) in [4.78, 5) is 10.1.